The highest BCUT2D eigenvalue weighted by Gasteiger charge is 2.33. The molecule has 2 amide bonds. The second kappa shape index (κ2) is 9.14. The molecule has 0 aromatic heterocycles. The number of rotatable bonds is 7. The maximum Gasteiger partial charge on any atom is 0.338 e. The first-order valence-corrected chi connectivity index (χ1v) is 9.33. The van der Waals surface area contributed by atoms with Crippen molar-refractivity contribution < 1.29 is 23.8 Å². The van der Waals surface area contributed by atoms with Gasteiger partial charge < -0.3 is 24.8 Å². The van der Waals surface area contributed by atoms with Crippen molar-refractivity contribution in [2.24, 2.45) is 0 Å². The van der Waals surface area contributed by atoms with Crippen LogP contribution in [0.1, 0.15) is 31.0 Å². The highest BCUT2D eigenvalue weighted by atomic mass is 16.5. The number of benzene rings is 2. The van der Waals surface area contributed by atoms with Gasteiger partial charge in [0.05, 0.1) is 25.3 Å². The van der Waals surface area contributed by atoms with E-state index in [-0.39, 0.29) is 12.6 Å². The van der Waals surface area contributed by atoms with Gasteiger partial charge in [-0.25, -0.2) is 9.59 Å². The molecule has 152 valence electrons. The Kier molecular flexibility index (Phi) is 6.39. The largest absolute Gasteiger partial charge is 0.497 e. The van der Waals surface area contributed by atoms with Gasteiger partial charge in [-0.2, -0.15) is 0 Å². The Bertz CT molecular complexity index is 921. The van der Waals surface area contributed by atoms with Gasteiger partial charge in [-0.3, -0.25) is 0 Å². The summed E-state index contributed by atoms with van der Waals surface area (Å²) in [5, 5.41) is 5.45. The van der Waals surface area contributed by atoms with Crippen molar-refractivity contribution in [3.05, 3.63) is 70.9 Å². The molecule has 2 aromatic rings. The number of carbonyl (C=O) groups is 2. The molecule has 1 aliphatic rings. The molecule has 0 spiro atoms. The van der Waals surface area contributed by atoms with Crippen LogP contribution in [0.3, 0.4) is 0 Å². The normalized spacial score (nSPS) is 16.0. The summed E-state index contributed by atoms with van der Waals surface area (Å²) in [5.74, 6) is 0.822. The molecule has 2 aromatic carbocycles. The molecular weight excluding hydrogens is 372 g/mol. The molecule has 1 heterocycles. The lowest BCUT2D eigenvalue weighted by Gasteiger charge is -2.29. The number of methoxy groups -OCH3 is 1. The summed E-state index contributed by atoms with van der Waals surface area (Å²) in [5.41, 5.74) is 2.31. The molecule has 0 radical (unpaired) electrons. The molecule has 3 rings (SSSR count). The van der Waals surface area contributed by atoms with Crippen molar-refractivity contribution in [3.8, 4) is 11.5 Å². The molecular formula is C22H24N2O5. The molecule has 7 heteroatoms. The topological polar surface area (TPSA) is 85.9 Å². The van der Waals surface area contributed by atoms with Gasteiger partial charge in [0.15, 0.2) is 0 Å². The van der Waals surface area contributed by atoms with Gasteiger partial charge in [0, 0.05) is 11.3 Å². The van der Waals surface area contributed by atoms with E-state index in [1.54, 1.807) is 26.2 Å². The highest BCUT2D eigenvalue weighted by Crippen LogP contribution is 2.33. The third-order valence-electron chi connectivity index (χ3n) is 4.55. The zero-order valence-electron chi connectivity index (χ0n) is 16.7. The first kappa shape index (κ1) is 20.3. The van der Waals surface area contributed by atoms with Crippen LogP contribution in [0.2, 0.25) is 0 Å². The number of urea groups is 1. The number of allylic oxidation sites excluding steroid dienone is 1. The van der Waals surface area contributed by atoms with E-state index >= 15 is 0 Å². The minimum Gasteiger partial charge on any atom is -0.497 e. The van der Waals surface area contributed by atoms with E-state index in [1.165, 1.54) is 0 Å². The van der Waals surface area contributed by atoms with Crippen LogP contribution in [0.25, 0.3) is 0 Å². The standard InChI is InChI=1S/C22H24N2O5/c1-4-28-18-8-6-5-7-17(18)20-19(14(2)23-22(26)24-20)21(25)29-13-15-9-11-16(27-3)12-10-15/h5-12,20H,4,13H2,1-3H3,(H2,23,24,26)/t20-/m0/s1. The van der Waals surface area contributed by atoms with Crippen LogP contribution in [-0.2, 0) is 16.1 Å². The van der Waals surface area contributed by atoms with Crippen molar-refractivity contribution in [2.75, 3.05) is 13.7 Å². The van der Waals surface area contributed by atoms with E-state index in [4.69, 9.17) is 14.2 Å². The van der Waals surface area contributed by atoms with Gasteiger partial charge in [-0.1, -0.05) is 30.3 Å². The van der Waals surface area contributed by atoms with Crippen molar-refractivity contribution in [2.45, 2.75) is 26.5 Å². The molecule has 0 saturated heterocycles. The van der Waals surface area contributed by atoms with Crippen LogP contribution in [0, 0.1) is 0 Å². The quantitative estimate of drug-likeness (QED) is 0.700. The predicted octanol–water partition coefficient (Wildman–Crippen LogP) is 3.47. The Balaban J connectivity index is 1.84. The maximum atomic E-state index is 12.9. The van der Waals surface area contributed by atoms with Crippen molar-refractivity contribution >= 4 is 12.0 Å². The minimum absolute atomic E-state index is 0.105. The van der Waals surface area contributed by atoms with Crippen LogP contribution < -0.4 is 20.1 Å². The number of ether oxygens (including phenoxy) is 3. The van der Waals surface area contributed by atoms with Crippen molar-refractivity contribution in [1.29, 1.82) is 0 Å². The van der Waals surface area contributed by atoms with E-state index in [0.29, 0.717) is 29.2 Å². The van der Waals surface area contributed by atoms with Crippen molar-refractivity contribution in [3.63, 3.8) is 0 Å². The lowest BCUT2D eigenvalue weighted by atomic mass is 9.95. The monoisotopic (exact) mass is 396 g/mol. The number of hydrogen-bond acceptors (Lipinski definition) is 5. The average Bonchev–Trinajstić information content (AvgIpc) is 2.72. The Hall–Kier alpha value is -3.48. The second-order valence-corrected chi connectivity index (χ2v) is 6.47. The molecule has 0 saturated carbocycles. The maximum absolute atomic E-state index is 12.9. The SMILES string of the molecule is CCOc1ccccc1[C@@H]1NC(=O)NC(C)=C1C(=O)OCc1ccc(OC)cc1. The van der Waals surface area contributed by atoms with Crippen LogP contribution in [0.15, 0.2) is 59.8 Å². The van der Waals surface area contributed by atoms with E-state index in [9.17, 15) is 9.59 Å². The lowest BCUT2D eigenvalue weighted by Crippen LogP contribution is -2.45. The molecule has 0 aliphatic carbocycles. The Morgan fingerprint density at radius 2 is 1.83 bits per heavy atom. The van der Waals surface area contributed by atoms with Crippen LogP contribution in [-0.4, -0.2) is 25.7 Å². The molecule has 29 heavy (non-hydrogen) atoms. The molecule has 0 bridgehead atoms. The number of esters is 1. The van der Waals surface area contributed by atoms with E-state index < -0.39 is 12.0 Å². The fourth-order valence-corrected chi connectivity index (χ4v) is 3.15. The van der Waals surface area contributed by atoms with Gasteiger partial charge >= 0.3 is 12.0 Å². The number of amides is 2. The summed E-state index contributed by atoms with van der Waals surface area (Å²) >= 11 is 0. The lowest BCUT2D eigenvalue weighted by molar-refractivity contribution is -0.140. The molecule has 0 fully saturated rings. The zero-order chi connectivity index (χ0) is 20.8. The molecule has 1 aliphatic heterocycles. The summed E-state index contributed by atoms with van der Waals surface area (Å²) in [7, 11) is 1.59. The first-order valence-electron chi connectivity index (χ1n) is 9.33. The fourth-order valence-electron chi connectivity index (χ4n) is 3.15. The fraction of sp³-hybridized carbons (Fsp3) is 0.273. The summed E-state index contributed by atoms with van der Waals surface area (Å²) in [4.78, 5) is 25.0. The van der Waals surface area contributed by atoms with E-state index in [2.05, 4.69) is 10.6 Å². The number of nitrogens with one attached hydrogen (secondary N) is 2. The van der Waals surface area contributed by atoms with Crippen LogP contribution >= 0.6 is 0 Å². The van der Waals surface area contributed by atoms with E-state index in [0.717, 1.165) is 11.3 Å². The predicted molar refractivity (Wildman–Crippen MR) is 108 cm³/mol. The third kappa shape index (κ3) is 4.68. The Morgan fingerprint density at radius 1 is 1.10 bits per heavy atom. The first-order chi connectivity index (χ1) is 14.0. The summed E-state index contributed by atoms with van der Waals surface area (Å²) < 4.78 is 16.3. The highest BCUT2D eigenvalue weighted by molar-refractivity contribution is 5.95. The van der Waals surface area contributed by atoms with Crippen LogP contribution in [0.5, 0.6) is 11.5 Å². The average molecular weight is 396 g/mol. The third-order valence-corrected chi connectivity index (χ3v) is 4.55. The van der Waals surface area contributed by atoms with Gasteiger partial charge in [0.2, 0.25) is 0 Å². The van der Waals surface area contributed by atoms with Crippen LogP contribution in [0.4, 0.5) is 4.79 Å². The minimum atomic E-state index is -0.671. The van der Waals surface area contributed by atoms with Gasteiger partial charge in [0.25, 0.3) is 0 Å². The Labute approximate surface area is 169 Å². The number of hydrogen-bond donors (Lipinski definition) is 2. The number of carbonyl (C=O) groups excluding carboxylic acids is 2. The molecule has 0 unspecified atom stereocenters. The Morgan fingerprint density at radius 3 is 2.52 bits per heavy atom. The smallest absolute Gasteiger partial charge is 0.338 e. The van der Waals surface area contributed by atoms with Gasteiger partial charge in [-0.05, 0) is 37.6 Å². The van der Waals surface area contributed by atoms with Gasteiger partial charge in [0.1, 0.15) is 18.1 Å². The second-order valence-electron chi connectivity index (χ2n) is 6.47. The summed E-state index contributed by atoms with van der Waals surface area (Å²) in [6, 6.07) is 13.5. The van der Waals surface area contributed by atoms with E-state index in [1.807, 2.05) is 43.3 Å². The van der Waals surface area contributed by atoms with Crippen molar-refractivity contribution in [1.82, 2.24) is 10.6 Å². The molecule has 2 N–H and O–H groups in total. The zero-order valence-corrected chi connectivity index (χ0v) is 16.7. The molecule has 1 atom stereocenters. The summed E-state index contributed by atoms with van der Waals surface area (Å²) in [6.07, 6.45) is 0. The molecule has 7 nitrogen and oxygen atoms in total. The van der Waals surface area contributed by atoms with Gasteiger partial charge in [-0.15, -0.1) is 0 Å². The number of para-hydroxylation sites is 1. The summed E-state index contributed by atoms with van der Waals surface area (Å²) in [6.45, 7) is 4.13.